The molecule has 2 aromatic rings. The minimum Gasteiger partial charge on any atom is -0.293 e. The number of benzene rings is 2. The molecule has 26 heavy (non-hydrogen) atoms. The first-order chi connectivity index (χ1) is 12.6. The number of hydrogen-bond acceptors (Lipinski definition) is 4. The zero-order chi connectivity index (χ0) is 18.1. The van der Waals surface area contributed by atoms with Crippen LogP contribution in [0.15, 0.2) is 54.6 Å². The van der Waals surface area contributed by atoms with Crippen LogP contribution in [-0.2, 0) is 17.6 Å². The van der Waals surface area contributed by atoms with Gasteiger partial charge in [0.2, 0.25) is 5.91 Å². The van der Waals surface area contributed by atoms with E-state index in [-0.39, 0.29) is 22.8 Å². The Labute approximate surface area is 155 Å². The zero-order valence-electron chi connectivity index (χ0n) is 14.0. The molecule has 1 aliphatic carbocycles. The lowest BCUT2D eigenvalue weighted by Crippen LogP contribution is -2.25. The van der Waals surface area contributed by atoms with E-state index in [4.69, 9.17) is 0 Å². The van der Waals surface area contributed by atoms with Crippen LogP contribution in [0.4, 0.5) is 4.79 Å². The quantitative estimate of drug-likeness (QED) is 0.901. The van der Waals surface area contributed by atoms with Gasteiger partial charge in [0, 0.05) is 11.5 Å². The SMILES string of the molecule is O=C1NC(=O)C(Cc2ccc3c(c2)C=CC(Cc2ccccc2)C3=O)S1. The third-order valence-corrected chi connectivity index (χ3v) is 5.69. The van der Waals surface area contributed by atoms with Gasteiger partial charge in [0.1, 0.15) is 0 Å². The number of ketones is 1. The maximum Gasteiger partial charge on any atom is 0.286 e. The Hall–Kier alpha value is -2.66. The van der Waals surface area contributed by atoms with Crippen molar-refractivity contribution >= 4 is 34.8 Å². The molecule has 2 atom stereocenters. The predicted octanol–water partition coefficient (Wildman–Crippen LogP) is 3.65. The number of rotatable bonds is 4. The molecule has 130 valence electrons. The molecular formula is C21H17NO3S. The number of nitrogens with one attached hydrogen (secondary N) is 1. The number of fused-ring (bicyclic) bond motifs is 1. The van der Waals surface area contributed by atoms with Crippen LogP contribution in [0.3, 0.4) is 0 Å². The second kappa shape index (κ2) is 6.92. The summed E-state index contributed by atoms with van der Waals surface area (Å²) in [4.78, 5) is 35.8. The van der Waals surface area contributed by atoms with Gasteiger partial charge in [0.25, 0.3) is 5.24 Å². The van der Waals surface area contributed by atoms with Crippen LogP contribution in [0.1, 0.15) is 27.0 Å². The van der Waals surface area contributed by atoms with Gasteiger partial charge in [-0.15, -0.1) is 0 Å². The topological polar surface area (TPSA) is 63.2 Å². The molecule has 2 unspecified atom stereocenters. The molecule has 1 fully saturated rings. The summed E-state index contributed by atoms with van der Waals surface area (Å²) in [6, 6.07) is 15.7. The van der Waals surface area contributed by atoms with E-state index in [0.29, 0.717) is 12.8 Å². The van der Waals surface area contributed by atoms with Crippen molar-refractivity contribution in [1.29, 1.82) is 0 Å². The smallest absolute Gasteiger partial charge is 0.286 e. The minimum atomic E-state index is -0.394. The van der Waals surface area contributed by atoms with E-state index in [1.807, 2.05) is 60.7 Å². The number of Topliss-reactive ketones (excluding diaryl/α,β-unsaturated/α-hetero) is 1. The van der Waals surface area contributed by atoms with Crippen LogP contribution >= 0.6 is 11.8 Å². The summed E-state index contributed by atoms with van der Waals surface area (Å²) in [5.74, 6) is -0.266. The number of hydrogen-bond donors (Lipinski definition) is 1. The fourth-order valence-corrected chi connectivity index (χ4v) is 4.24. The second-order valence-electron chi connectivity index (χ2n) is 6.53. The molecule has 1 saturated heterocycles. The van der Waals surface area contributed by atoms with Gasteiger partial charge < -0.3 is 0 Å². The van der Waals surface area contributed by atoms with Crippen molar-refractivity contribution in [3.63, 3.8) is 0 Å². The van der Waals surface area contributed by atoms with Crippen molar-refractivity contribution in [2.45, 2.75) is 18.1 Å². The van der Waals surface area contributed by atoms with E-state index >= 15 is 0 Å². The average Bonchev–Trinajstić information content (AvgIpc) is 2.95. The van der Waals surface area contributed by atoms with E-state index in [1.165, 1.54) is 0 Å². The Morgan fingerprint density at radius 3 is 2.46 bits per heavy atom. The fourth-order valence-electron chi connectivity index (χ4n) is 3.38. The van der Waals surface area contributed by atoms with Gasteiger partial charge in [0.05, 0.1) is 5.25 Å². The molecule has 2 amide bonds. The van der Waals surface area contributed by atoms with Crippen LogP contribution in [0.5, 0.6) is 0 Å². The Kier molecular flexibility index (Phi) is 4.47. The highest BCUT2D eigenvalue weighted by molar-refractivity contribution is 8.15. The molecule has 2 aliphatic rings. The molecule has 1 heterocycles. The largest absolute Gasteiger partial charge is 0.293 e. The number of carbonyl (C=O) groups is 3. The minimum absolute atomic E-state index is 0.126. The highest BCUT2D eigenvalue weighted by Gasteiger charge is 2.32. The van der Waals surface area contributed by atoms with Gasteiger partial charge in [0.15, 0.2) is 5.78 Å². The highest BCUT2D eigenvalue weighted by atomic mass is 32.2. The zero-order valence-corrected chi connectivity index (χ0v) is 14.8. The molecule has 0 saturated carbocycles. The molecule has 5 heteroatoms. The Morgan fingerprint density at radius 1 is 0.923 bits per heavy atom. The van der Waals surface area contributed by atoms with Crippen LogP contribution in [0.2, 0.25) is 0 Å². The first kappa shape index (κ1) is 16.8. The molecule has 0 radical (unpaired) electrons. The summed E-state index contributed by atoms with van der Waals surface area (Å²) in [6.45, 7) is 0. The number of allylic oxidation sites excluding steroid dienone is 1. The first-order valence-electron chi connectivity index (χ1n) is 8.51. The van der Waals surface area contributed by atoms with Gasteiger partial charge in [-0.05, 0) is 29.5 Å². The second-order valence-corrected chi connectivity index (χ2v) is 7.70. The fraction of sp³-hybridized carbons (Fsp3) is 0.190. The third kappa shape index (κ3) is 3.35. The third-order valence-electron chi connectivity index (χ3n) is 4.71. The van der Waals surface area contributed by atoms with Crippen molar-refractivity contribution in [2.24, 2.45) is 5.92 Å². The summed E-state index contributed by atoms with van der Waals surface area (Å²) in [7, 11) is 0. The monoisotopic (exact) mass is 363 g/mol. The van der Waals surface area contributed by atoms with Gasteiger partial charge >= 0.3 is 0 Å². The van der Waals surface area contributed by atoms with E-state index in [1.54, 1.807) is 0 Å². The average molecular weight is 363 g/mol. The van der Waals surface area contributed by atoms with Gasteiger partial charge in [-0.3, -0.25) is 19.7 Å². The highest BCUT2D eigenvalue weighted by Crippen LogP contribution is 2.28. The van der Waals surface area contributed by atoms with Crippen molar-refractivity contribution in [3.05, 3.63) is 76.9 Å². The molecule has 0 spiro atoms. The van der Waals surface area contributed by atoms with Crippen LogP contribution in [-0.4, -0.2) is 22.2 Å². The van der Waals surface area contributed by atoms with Gasteiger partial charge in [-0.1, -0.05) is 72.4 Å². The van der Waals surface area contributed by atoms with E-state index in [2.05, 4.69) is 5.32 Å². The Bertz CT molecular complexity index is 920. The maximum atomic E-state index is 12.8. The van der Waals surface area contributed by atoms with Crippen LogP contribution < -0.4 is 5.32 Å². The van der Waals surface area contributed by atoms with Crippen molar-refractivity contribution < 1.29 is 14.4 Å². The summed E-state index contributed by atoms with van der Waals surface area (Å²) in [6.07, 6.45) is 5.12. The standard InChI is InChI=1S/C21H17NO3S/c23-19-16(10-13-4-2-1-3-5-13)8-7-15-11-14(6-9-17(15)19)12-18-20(24)22-21(25)26-18/h1-9,11,16,18H,10,12H2,(H,22,24,25). The van der Waals surface area contributed by atoms with Crippen molar-refractivity contribution in [3.8, 4) is 0 Å². The Morgan fingerprint density at radius 2 is 1.73 bits per heavy atom. The van der Waals surface area contributed by atoms with Gasteiger partial charge in [-0.2, -0.15) is 0 Å². The predicted molar refractivity (Wildman–Crippen MR) is 102 cm³/mol. The van der Waals surface area contributed by atoms with E-state index < -0.39 is 5.25 Å². The molecule has 4 nitrogen and oxygen atoms in total. The summed E-state index contributed by atoms with van der Waals surface area (Å²) >= 11 is 1.02. The van der Waals surface area contributed by atoms with Crippen LogP contribution in [0.25, 0.3) is 6.08 Å². The summed E-state index contributed by atoms with van der Waals surface area (Å²) in [5.41, 5.74) is 3.69. The lowest BCUT2D eigenvalue weighted by molar-refractivity contribution is -0.118. The number of imide groups is 1. The Balaban J connectivity index is 1.51. The van der Waals surface area contributed by atoms with Crippen molar-refractivity contribution in [1.82, 2.24) is 5.32 Å². The summed E-state index contributed by atoms with van der Waals surface area (Å²) in [5, 5.41) is 1.61. The maximum absolute atomic E-state index is 12.8. The van der Waals surface area contributed by atoms with Gasteiger partial charge in [-0.25, -0.2) is 0 Å². The van der Waals surface area contributed by atoms with Crippen molar-refractivity contribution in [2.75, 3.05) is 0 Å². The number of thioether (sulfide) groups is 1. The number of carbonyl (C=O) groups excluding carboxylic acids is 3. The molecule has 2 aromatic carbocycles. The molecule has 4 rings (SSSR count). The normalized spacial score (nSPS) is 21.6. The molecule has 1 aliphatic heterocycles. The molecule has 0 aromatic heterocycles. The number of amides is 2. The first-order valence-corrected chi connectivity index (χ1v) is 9.39. The van der Waals surface area contributed by atoms with Crippen LogP contribution in [0, 0.1) is 5.92 Å². The summed E-state index contributed by atoms with van der Waals surface area (Å²) < 4.78 is 0. The lowest BCUT2D eigenvalue weighted by Gasteiger charge is -2.19. The molecule has 1 N–H and O–H groups in total. The lowest BCUT2D eigenvalue weighted by atomic mass is 9.84. The molecule has 0 bridgehead atoms. The van der Waals surface area contributed by atoms with E-state index in [0.717, 1.165) is 34.0 Å². The van der Waals surface area contributed by atoms with E-state index in [9.17, 15) is 14.4 Å². The molecular weight excluding hydrogens is 346 g/mol.